The third-order valence-corrected chi connectivity index (χ3v) is 5.46. The molecule has 2 heterocycles. The Morgan fingerprint density at radius 1 is 1.13 bits per heavy atom. The highest BCUT2D eigenvalue weighted by Crippen LogP contribution is 2.24. The van der Waals surface area contributed by atoms with Crippen LogP contribution in [0.4, 0.5) is 5.69 Å². The van der Waals surface area contributed by atoms with E-state index in [2.05, 4.69) is 20.5 Å². The van der Waals surface area contributed by atoms with Crippen LogP contribution in [0.15, 0.2) is 48.5 Å². The van der Waals surface area contributed by atoms with Crippen molar-refractivity contribution in [1.82, 2.24) is 20.1 Å². The first kappa shape index (κ1) is 20.6. The lowest BCUT2D eigenvalue weighted by Crippen LogP contribution is -2.41. The predicted molar refractivity (Wildman–Crippen MR) is 117 cm³/mol. The highest BCUT2D eigenvalue weighted by molar-refractivity contribution is 5.95. The first-order chi connectivity index (χ1) is 15.0. The van der Waals surface area contributed by atoms with Gasteiger partial charge in [0.25, 0.3) is 5.91 Å². The number of H-pyrrole nitrogens is 1. The van der Waals surface area contributed by atoms with Crippen LogP contribution in [0.1, 0.15) is 29.0 Å². The van der Waals surface area contributed by atoms with Crippen LogP contribution in [-0.4, -0.2) is 52.1 Å². The number of aryl methyl sites for hydroxylation is 1. The minimum atomic E-state index is -0.135. The normalized spacial score (nSPS) is 14.3. The van der Waals surface area contributed by atoms with Gasteiger partial charge in [0.15, 0.2) is 5.82 Å². The van der Waals surface area contributed by atoms with Crippen molar-refractivity contribution in [2.24, 2.45) is 5.92 Å². The molecule has 2 aromatic carbocycles. The molecule has 31 heavy (non-hydrogen) atoms. The van der Waals surface area contributed by atoms with Crippen molar-refractivity contribution in [2.45, 2.75) is 19.8 Å². The molecule has 1 aromatic heterocycles. The van der Waals surface area contributed by atoms with Crippen molar-refractivity contribution < 1.29 is 14.3 Å². The SMILES string of the molecule is COc1cccc(C(=O)N2CCC(C(=O)Nc3cccc(-c4n[nH]c(C)n4)c3)CC2)c1. The number of rotatable bonds is 5. The molecule has 0 bridgehead atoms. The maximum Gasteiger partial charge on any atom is 0.253 e. The average Bonchev–Trinajstić information content (AvgIpc) is 3.25. The fraction of sp³-hybridized carbons (Fsp3) is 0.304. The zero-order chi connectivity index (χ0) is 21.8. The van der Waals surface area contributed by atoms with E-state index in [1.165, 1.54) is 0 Å². The third-order valence-electron chi connectivity index (χ3n) is 5.46. The molecule has 8 nitrogen and oxygen atoms in total. The number of nitrogens with zero attached hydrogens (tertiary/aromatic N) is 3. The Labute approximate surface area is 180 Å². The number of benzene rings is 2. The van der Waals surface area contributed by atoms with Gasteiger partial charge in [0, 0.05) is 35.8 Å². The molecular weight excluding hydrogens is 394 g/mol. The Balaban J connectivity index is 1.35. The highest BCUT2D eigenvalue weighted by Gasteiger charge is 2.28. The van der Waals surface area contributed by atoms with Crippen molar-refractivity contribution in [1.29, 1.82) is 0 Å². The van der Waals surface area contributed by atoms with Gasteiger partial charge in [-0.2, -0.15) is 5.10 Å². The van der Waals surface area contributed by atoms with Crippen molar-refractivity contribution in [3.63, 3.8) is 0 Å². The number of nitrogens with one attached hydrogen (secondary N) is 2. The number of aromatic amines is 1. The minimum absolute atomic E-state index is 0.0307. The number of anilines is 1. The van der Waals surface area contributed by atoms with E-state index in [1.807, 2.05) is 37.3 Å². The van der Waals surface area contributed by atoms with Crippen molar-refractivity contribution in [2.75, 3.05) is 25.5 Å². The smallest absolute Gasteiger partial charge is 0.253 e. The van der Waals surface area contributed by atoms with Crippen LogP contribution in [-0.2, 0) is 4.79 Å². The van der Waals surface area contributed by atoms with E-state index in [9.17, 15) is 9.59 Å². The molecule has 1 aliphatic heterocycles. The Morgan fingerprint density at radius 2 is 1.90 bits per heavy atom. The molecule has 3 aromatic rings. The maximum absolute atomic E-state index is 12.8. The number of amides is 2. The summed E-state index contributed by atoms with van der Waals surface area (Å²) in [5, 5.41) is 9.98. The van der Waals surface area contributed by atoms with Crippen molar-refractivity contribution in [3.05, 3.63) is 59.9 Å². The van der Waals surface area contributed by atoms with Gasteiger partial charge >= 0.3 is 0 Å². The van der Waals surface area contributed by atoms with Crippen LogP contribution in [0.5, 0.6) is 5.75 Å². The zero-order valence-corrected chi connectivity index (χ0v) is 17.6. The predicted octanol–water partition coefficient (Wildman–Crippen LogP) is 3.28. The number of hydrogen-bond donors (Lipinski definition) is 2. The summed E-state index contributed by atoms with van der Waals surface area (Å²) in [4.78, 5) is 31.7. The summed E-state index contributed by atoms with van der Waals surface area (Å²) in [5.74, 6) is 1.79. The number of carbonyl (C=O) groups is 2. The third kappa shape index (κ3) is 4.74. The number of aromatic nitrogens is 3. The average molecular weight is 419 g/mol. The summed E-state index contributed by atoms with van der Waals surface area (Å²) in [6.45, 7) is 2.93. The number of ether oxygens (including phenoxy) is 1. The van der Waals surface area contributed by atoms with Crippen LogP contribution < -0.4 is 10.1 Å². The van der Waals surface area contributed by atoms with Gasteiger partial charge in [-0.05, 0) is 50.1 Å². The standard InChI is InChI=1S/C23H25N5O3/c1-15-24-21(27-26-15)17-5-3-7-19(13-17)25-22(29)16-9-11-28(12-10-16)23(30)18-6-4-8-20(14-18)31-2/h3-8,13-14,16H,9-12H2,1-2H3,(H,25,29)(H,24,26,27). The number of piperidine rings is 1. The zero-order valence-electron chi connectivity index (χ0n) is 17.6. The summed E-state index contributed by atoms with van der Waals surface area (Å²) < 4.78 is 5.20. The van der Waals surface area contributed by atoms with E-state index in [-0.39, 0.29) is 17.7 Å². The number of methoxy groups -OCH3 is 1. The maximum atomic E-state index is 12.8. The van der Waals surface area contributed by atoms with Gasteiger partial charge in [-0.25, -0.2) is 4.98 Å². The van der Waals surface area contributed by atoms with E-state index in [0.29, 0.717) is 48.8 Å². The lowest BCUT2D eigenvalue weighted by atomic mass is 9.95. The number of hydrogen-bond acceptors (Lipinski definition) is 5. The first-order valence-electron chi connectivity index (χ1n) is 10.3. The molecule has 1 fully saturated rings. The molecule has 0 atom stereocenters. The van der Waals surface area contributed by atoms with Crippen molar-refractivity contribution >= 4 is 17.5 Å². The summed E-state index contributed by atoms with van der Waals surface area (Å²) >= 11 is 0. The van der Waals surface area contributed by atoms with Crippen LogP contribution in [0.2, 0.25) is 0 Å². The number of carbonyl (C=O) groups excluding carboxylic acids is 2. The Hall–Kier alpha value is -3.68. The fourth-order valence-electron chi connectivity index (χ4n) is 3.74. The Morgan fingerprint density at radius 3 is 2.61 bits per heavy atom. The minimum Gasteiger partial charge on any atom is -0.497 e. The van der Waals surface area contributed by atoms with E-state index in [4.69, 9.17) is 4.74 Å². The summed E-state index contributed by atoms with van der Waals surface area (Å²) in [7, 11) is 1.58. The topological polar surface area (TPSA) is 100 Å². The molecule has 1 aliphatic rings. The van der Waals surface area contributed by atoms with Crippen LogP contribution in [0.25, 0.3) is 11.4 Å². The first-order valence-corrected chi connectivity index (χ1v) is 10.3. The van der Waals surface area contributed by atoms with Crippen LogP contribution in [0, 0.1) is 12.8 Å². The molecule has 0 radical (unpaired) electrons. The van der Waals surface area contributed by atoms with E-state index in [1.54, 1.807) is 30.2 Å². The second kappa shape index (κ2) is 8.99. The van der Waals surface area contributed by atoms with Gasteiger partial charge in [0.1, 0.15) is 11.6 Å². The van der Waals surface area contributed by atoms with E-state index in [0.717, 1.165) is 11.4 Å². The Kier molecular flexibility index (Phi) is 5.97. The monoisotopic (exact) mass is 419 g/mol. The second-order valence-electron chi connectivity index (χ2n) is 7.61. The molecule has 2 amide bonds. The number of likely N-dealkylation sites (tertiary alicyclic amines) is 1. The summed E-state index contributed by atoms with van der Waals surface area (Å²) in [5.41, 5.74) is 2.14. The van der Waals surface area contributed by atoms with E-state index >= 15 is 0 Å². The molecule has 0 aliphatic carbocycles. The van der Waals surface area contributed by atoms with Gasteiger partial charge in [0.2, 0.25) is 5.91 Å². The summed E-state index contributed by atoms with van der Waals surface area (Å²) in [6, 6.07) is 14.6. The van der Waals surface area contributed by atoms with Gasteiger partial charge in [-0.15, -0.1) is 0 Å². The molecule has 0 spiro atoms. The van der Waals surface area contributed by atoms with Gasteiger partial charge in [-0.1, -0.05) is 18.2 Å². The fourth-order valence-corrected chi connectivity index (χ4v) is 3.74. The molecule has 1 saturated heterocycles. The lowest BCUT2D eigenvalue weighted by molar-refractivity contribution is -0.121. The molecule has 8 heteroatoms. The van der Waals surface area contributed by atoms with Gasteiger partial charge in [-0.3, -0.25) is 14.7 Å². The van der Waals surface area contributed by atoms with Crippen LogP contribution >= 0.6 is 0 Å². The highest BCUT2D eigenvalue weighted by atomic mass is 16.5. The van der Waals surface area contributed by atoms with Crippen molar-refractivity contribution in [3.8, 4) is 17.1 Å². The molecule has 0 saturated carbocycles. The lowest BCUT2D eigenvalue weighted by Gasteiger charge is -2.31. The summed E-state index contributed by atoms with van der Waals surface area (Å²) in [6.07, 6.45) is 1.25. The van der Waals surface area contributed by atoms with Crippen LogP contribution in [0.3, 0.4) is 0 Å². The molecular formula is C23H25N5O3. The second-order valence-corrected chi connectivity index (χ2v) is 7.61. The van der Waals surface area contributed by atoms with Gasteiger partial charge in [0.05, 0.1) is 7.11 Å². The molecule has 0 unspecified atom stereocenters. The molecule has 160 valence electrons. The quantitative estimate of drug-likeness (QED) is 0.661. The Bertz CT molecular complexity index is 1090. The van der Waals surface area contributed by atoms with Gasteiger partial charge < -0.3 is 15.0 Å². The largest absolute Gasteiger partial charge is 0.497 e. The molecule has 2 N–H and O–H groups in total. The molecule has 4 rings (SSSR count). The van der Waals surface area contributed by atoms with E-state index < -0.39 is 0 Å².